The molecule has 6 heteroatoms. The van der Waals surface area contributed by atoms with Gasteiger partial charge in [0.25, 0.3) is 0 Å². The molecule has 3 aromatic carbocycles. The topological polar surface area (TPSA) is 71.1 Å². The Bertz CT molecular complexity index is 997. The summed E-state index contributed by atoms with van der Waals surface area (Å²) in [6, 6.07) is 20.6. The molecule has 0 aliphatic rings. The molecule has 0 unspecified atom stereocenters. The first-order valence-corrected chi connectivity index (χ1v) is 8.86. The highest BCUT2D eigenvalue weighted by Crippen LogP contribution is 2.28. The van der Waals surface area contributed by atoms with Crippen LogP contribution in [0.25, 0.3) is 0 Å². The molecule has 148 valence electrons. The molecule has 0 fully saturated rings. The second kappa shape index (κ2) is 9.41. The van der Waals surface area contributed by atoms with E-state index >= 15 is 0 Å². The Labute approximate surface area is 168 Å². The van der Waals surface area contributed by atoms with Crippen LogP contribution >= 0.6 is 0 Å². The molecule has 0 aromatic heterocycles. The number of carbonyl (C=O) groups is 2. The van der Waals surface area contributed by atoms with Crippen molar-refractivity contribution in [1.82, 2.24) is 0 Å². The van der Waals surface area contributed by atoms with Crippen molar-refractivity contribution < 1.29 is 28.5 Å². The molecular formula is C23H20O6. The van der Waals surface area contributed by atoms with Crippen molar-refractivity contribution in [3.8, 4) is 23.0 Å². The number of rotatable bonds is 8. The van der Waals surface area contributed by atoms with Crippen LogP contribution < -0.4 is 14.2 Å². The molecule has 0 saturated carbocycles. The van der Waals surface area contributed by atoms with Gasteiger partial charge in [-0.05, 0) is 48.5 Å². The monoisotopic (exact) mass is 392 g/mol. The van der Waals surface area contributed by atoms with Gasteiger partial charge in [0.15, 0.2) is 23.9 Å². The summed E-state index contributed by atoms with van der Waals surface area (Å²) in [5.74, 6) is 1.12. The van der Waals surface area contributed by atoms with Crippen molar-refractivity contribution in [3.05, 3.63) is 83.9 Å². The van der Waals surface area contributed by atoms with E-state index in [0.717, 1.165) is 0 Å². The molecule has 29 heavy (non-hydrogen) atoms. The maximum Gasteiger partial charge on any atom is 0.338 e. The van der Waals surface area contributed by atoms with Crippen LogP contribution in [0.1, 0.15) is 20.7 Å². The van der Waals surface area contributed by atoms with E-state index in [0.29, 0.717) is 34.1 Å². The number of ether oxygens (including phenoxy) is 4. The molecule has 0 saturated heterocycles. The normalized spacial score (nSPS) is 10.1. The second-order valence-electron chi connectivity index (χ2n) is 6.01. The molecule has 0 bridgehead atoms. The summed E-state index contributed by atoms with van der Waals surface area (Å²) in [5, 5.41) is 0. The van der Waals surface area contributed by atoms with Crippen LogP contribution in [0.2, 0.25) is 0 Å². The lowest BCUT2D eigenvalue weighted by molar-refractivity contribution is 0.0474. The Morgan fingerprint density at radius 3 is 2.17 bits per heavy atom. The maximum atomic E-state index is 12.4. The van der Waals surface area contributed by atoms with Crippen LogP contribution in [0.3, 0.4) is 0 Å². The van der Waals surface area contributed by atoms with E-state index in [4.69, 9.17) is 18.9 Å². The molecule has 0 N–H and O–H groups in total. The lowest BCUT2D eigenvalue weighted by Crippen LogP contribution is -2.14. The number of para-hydroxylation sites is 1. The fourth-order valence-electron chi connectivity index (χ4n) is 2.62. The number of carbonyl (C=O) groups excluding carboxylic acids is 2. The highest BCUT2D eigenvalue weighted by Gasteiger charge is 2.15. The summed E-state index contributed by atoms with van der Waals surface area (Å²) in [6.45, 7) is -0.391. The molecule has 0 radical (unpaired) electrons. The first kappa shape index (κ1) is 19.9. The quantitative estimate of drug-likeness (QED) is 0.414. The predicted molar refractivity (Wildman–Crippen MR) is 107 cm³/mol. The van der Waals surface area contributed by atoms with Gasteiger partial charge in [0.05, 0.1) is 19.8 Å². The minimum atomic E-state index is -0.614. The van der Waals surface area contributed by atoms with Crippen molar-refractivity contribution in [2.75, 3.05) is 20.8 Å². The van der Waals surface area contributed by atoms with Crippen molar-refractivity contribution in [2.45, 2.75) is 0 Å². The van der Waals surface area contributed by atoms with Crippen LogP contribution in [0, 0.1) is 0 Å². The van der Waals surface area contributed by atoms with Gasteiger partial charge in [0.2, 0.25) is 0 Å². The number of hydrogen-bond acceptors (Lipinski definition) is 6. The third kappa shape index (κ3) is 5.13. The molecule has 0 aliphatic carbocycles. The molecule has 3 aromatic rings. The van der Waals surface area contributed by atoms with E-state index in [9.17, 15) is 9.59 Å². The summed E-state index contributed by atoms with van der Waals surface area (Å²) < 4.78 is 21.2. The summed E-state index contributed by atoms with van der Waals surface area (Å²) in [7, 11) is 2.99. The molecule has 0 heterocycles. The third-order valence-electron chi connectivity index (χ3n) is 4.09. The van der Waals surface area contributed by atoms with Gasteiger partial charge in [-0.2, -0.15) is 0 Å². The maximum absolute atomic E-state index is 12.4. The highest BCUT2D eigenvalue weighted by molar-refractivity contribution is 5.99. The van der Waals surface area contributed by atoms with E-state index in [1.807, 2.05) is 30.3 Å². The van der Waals surface area contributed by atoms with Gasteiger partial charge >= 0.3 is 5.97 Å². The molecule has 0 atom stereocenters. The lowest BCUT2D eigenvalue weighted by atomic mass is 10.1. The minimum Gasteiger partial charge on any atom is -0.493 e. The van der Waals surface area contributed by atoms with Gasteiger partial charge in [-0.25, -0.2) is 4.79 Å². The zero-order valence-corrected chi connectivity index (χ0v) is 16.1. The Hall–Kier alpha value is -3.80. The molecule has 3 rings (SSSR count). The Kier molecular flexibility index (Phi) is 6.47. The van der Waals surface area contributed by atoms with E-state index in [1.54, 1.807) is 42.5 Å². The predicted octanol–water partition coefficient (Wildman–Crippen LogP) is 4.54. The molecule has 6 nitrogen and oxygen atoms in total. The van der Waals surface area contributed by atoms with Gasteiger partial charge in [-0.1, -0.05) is 24.3 Å². The van der Waals surface area contributed by atoms with E-state index < -0.39 is 12.6 Å². The second-order valence-corrected chi connectivity index (χ2v) is 6.01. The SMILES string of the molecule is COc1ccc(C(=O)COC(=O)c2cccc(Oc3ccccc3)c2)cc1OC. The standard InChI is InChI=1S/C23H20O6/c1-26-21-12-11-16(14-22(21)27-2)20(24)15-28-23(25)17-7-6-10-19(13-17)29-18-8-4-3-5-9-18/h3-14H,15H2,1-2H3. The minimum absolute atomic E-state index is 0.290. The van der Waals surface area contributed by atoms with E-state index in [1.165, 1.54) is 14.2 Å². The highest BCUT2D eigenvalue weighted by atomic mass is 16.5. The van der Waals surface area contributed by atoms with E-state index in [-0.39, 0.29) is 5.78 Å². The number of methoxy groups -OCH3 is 2. The van der Waals surface area contributed by atoms with Gasteiger partial charge in [0, 0.05) is 5.56 Å². The van der Waals surface area contributed by atoms with Crippen LogP contribution in [0.5, 0.6) is 23.0 Å². The Balaban J connectivity index is 1.63. The Morgan fingerprint density at radius 2 is 1.45 bits per heavy atom. The average molecular weight is 392 g/mol. The number of esters is 1. The molecular weight excluding hydrogens is 372 g/mol. The summed E-state index contributed by atoms with van der Waals surface area (Å²) >= 11 is 0. The molecule has 0 aliphatic heterocycles. The summed E-state index contributed by atoms with van der Waals surface area (Å²) in [5.41, 5.74) is 0.648. The number of ketones is 1. The summed E-state index contributed by atoms with van der Waals surface area (Å²) in [4.78, 5) is 24.7. The fraction of sp³-hybridized carbons (Fsp3) is 0.130. The van der Waals surface area contributed by atoms with Crippen LogP contribution in [-0.4, -0.2) is 32.6 Å². The van der Waals surface area contributed by atoms with Crippen LogP contribution in [0.4, 0.5) is 0 Å². The first-order chi connectivity index (χ1) is 14.1. The van der Waals surface area contributed by atoms with Crippen LogP contribution in [-0.2, 0) is 4.74 Å². The van der Waals surface area contributed by atoms with Crippen LogP contribution in [0.15, 0.2) is 72.8 Å². The van der Waals surface area contributed by atoms with Gasteiger partial charge < -0.3 is 18.9 Å². The van der Waals surface area contributed by atoms with Crippen molar-refractivity contribution in [1.29, 1.82) is 0 Å². The lowest BCUT2D eigenvalue weighted by Gasteiger charge is -2.10. The smallest absolute Gasteiger partial charge is 0.338 e. The summed E-state index contributed by atoms with van der Waals surface area (Å²) in [6.07, 6.45) is 0. The fourth-order valence-corrected chi connectivity index (χ4v) is 2.62. The van der Waals surface area contributed by atoms with Crippen molar-refractivity contribution >= 4 is 11.8 Å². The van der Waals surface area contributed by atoms with Gasteiger partial charge in [-0.3, -0.25) is 4.79 Å². The third-order valence-corrected chi connectivity index (χ3v) is 4.09. The number of hydrogen-bond donors (Lipinski definition) is 0. The zero-order chi connectivity index (χ0) is 20.6. The number of benzene rings is 3. The Morgan fingerprint density at radius 1 is 0.724 bits per heavy atom. The first-order valence-electron chi connectivity index (χ1n) is 8.86. The molecule has 0 amide bonds. The van der Waals surface area contributed by atoms with Gasteiger partial charge in [0.1, 0.15) is 11.5 Å². The average Bonchev–Trinajstić information content (AvgIpc) is 2.77. The van der Waals surface area contributed by atoms with Crippen molar-refractivity contribution in [3.63, 3.8) is 0 Å². The van der Waals surface area contributed by atoms with E-state index in [2.05, 4.69) is 0 Å². The number of Topliss-reactive ketones (excluding diaryl/α,β-unsaturated/α-hetero) is 1. The van der Waals surface area contributed by atoms with Crippen molar-refractivity contribution in [2.24, 2.45) is 0 Å². The molecule has 0 spiro atoms. The zero-order valence-electron chi connectivity index (χ0n) is 16.1. The largest absolute Gasteiger partial charge is 0.493 e. The van der Waals surface area contributed by atoms with Gasteiger partial charge in [-0.15, -0.1) is 0 Å².